The quantitative estimate of drug-likeness (QED) is 0.760. The van der Waals surface area contributed by atoms with Gasteiger partial charge < -0.3 is 4.74 Å². The third kappa shape index (κ3) is 3.40. The van der Waals surface area contributed by atoms with Gasteiger partial charge in [0.2, 0.25) is 0 Å². The normalized spacial score (nSPS) is 10.4. The lowest BCUT2D eigenvalue weighted by molar-refractivity contribution is 0.101. The molecule has 0 N–H and O–H groups in total. The highest BCUT2D eigenvalue weighted by atomic mass is 35.5. The maximum Gasteiger partial charge on any atom is 0.159 e. The van der Waals surface area contributed by atoms with Crippen LogP contribution in [0.3, 0.4) is 0 Å². The highest BCUT2D eigenvalue weighted by Crippen LogP contribution is 2.26. The summed E-state index contributed by atoms with van der Waals surface area (Å²) >= 11 is 6.12. The zero-order valence-corrected chi connectivity index (χ0v) is 12.6. The molecule has 0 fully saturated rings. The maximum atomic E-state index is 11.3. The fraction of sp³-hybridized carbons (Fsp3) is 0.235. The van der Waals surface area contributed by atoms with Gasteiger partial charge in [-0.25, -0.2) is 0 Å². The van der Waals surface area contributed by atoms with Gasteiger partial charge in [0.25, 0.3) is 0 Å². The third-order valence-electron chi connectivity index (χ3n) is 3.30. The summed E-state index contributed by atoms with van der Waals surface area (Å²) in [4.78, 5) is 11.3. The van der Waals surface area contributed by atoms with Crippen molar-refractivity contribution in [2.24, 2.45) is 0 Å². The molecule has 0 heterocycles. The van der Waals surface area contributed by atoms with Crippen LogP contribution in [0, 0.1) is 13.8 Å². The van der Waals surface area contributed by atoms with Crippen LogP contribution in [-0.4, -0.2) is 5.78 Å². The molecule has 0 atom stereocenters. The summed E-state index contributed by atoms with van der Waals surface area (Å²) in [6.45, 7) is 6.13. The first-order chi connectivity index (χ1) is 9.47. The van der Waals surface area contributed by atoms with E-state index < -0.39 is 0 Å². The van der Waals surface area contributed by atoms with E-state index in [0.717, 1.165) is 5.56 Å². The van der Waals surface area contributed by atoms with E-state index in [0.29, 0.717) is 22.9 Å². The largest absolute Gasteiger partial charge is 0.487 e. The van der Waals surface area contributed by atoms with Gasteiger partial charge in [-0.15, -0.1) is 0 Å². The Bertz CT molecular complexity index is 647. The Morgan fingerprint density at radius 1 is 1.10 bits per heavy atom. The second-order valence-corrected chi connectivity index (χ2v) is 5.32. The number of rotatable bonds is 4. The molecule has 20 heavy (non-hydrogen) atoms. The molecule has 0 aliphatic carbocycles. The van der Waals surface area contributed by atoms with Crippen LogP contribution in [0.5, 0.6) is 5.75 Å². The smallest absolute Gasteiger partial charge is 0.159 e. The monoisotopic (exact) mass is 288 g/mol. The minimum absolute atomic E-state index is 0.00684. The Morgan fingerprint density at radius 3 is 2.45 bits per heavy atom. The van der Waals surface area contributed by atoms with Gasteiger partial charge in [-0.2, -0.15) is 0 Å². The molecule has 0 aromatic heterocycles. The second-order valence-electron chi connectivity index (χ2n) is 4.91. The van der Waals surface area contributed by atoms with Crippen LogP contribution in [0.4, 0.5) is 0 Å². The maximum absolute atomic E-state index is 11.3. The molecule has 2 rings (SSSR count). The molecule has 0 bridgehead atoms. The summed E-state index contributed by atoms with van der Waals surface area (Å²) in [6.07, 6.45) is 0. The van der Waals surface area contributed by atoms with Crippen molar-refractivity contribution in [2.75, 3.05) is 0 Å². The molecular weight excluding hydrogens is 272 g/mol. The molecule has 0 spiro atoms. The summed E-state index contributed by atoms with van der Waals surface area (Å²) in [7, 11) is 0. The third-order valence-corrected chi connectivity index (χ3v) is 3.60. The number of ketones is 1. The average molecular weight is 289 g/mol. The first-order valence-corrected chi connectivity index (χ1v) is 6.84. The van der Waals surface area contributed by atoms with Crippen molar-refractivity contribution in [3.8, 4) is 5.75 Å². The minimum Gasteiger partial charge on any atom is -0.487 e. The van der Waals surface area contributed by atoms with Crippen LogP contribution in [0.1, 0.15) is 34.0 Å². The summed E-state index contributed by atoms with van der Waals surface area (Å²) in [5.41, 5.74) is 4.19. The standard InChI is InChI=1S/C17H17ClO2/c1-11-4-5-14(8-12(11)2)10-20-17-7-6-15(13(3)19)9-16(17)18/h4-9H,10H2,1-3H3. The summed E-state index contributed by atoms with van der Waals surface area (Å²) in [6, 6.07) is 11.3. The number of benzene rings is 2. The molecule has 0 saturated carbocycles. The summed E-state index contributed by atoms with van der Waals surface area (Å²) in [5.74, 6) is 0.586. The van der Waals surface area contributed by atoms with Crippen molar-refractivity contribution in [1.82, 2.24) is 0 Å². The van der Waals surface area contributed by atoms with Crippen molar-refractivity contribution in [3.63, 3.8) is 0 Å². The van der Waals surface area contributed by atoms with E-state index in [4.69, 9.17) is 16.3 Å². The number of halogens is 1. The topological polar surface area (TPSA) is 26.3 Å². The highest BCUT2D eigenvalue weighted by molar-refractivity contribution is 6.32. The number of carbonyl (C=O) groups excluding carboxylic acids is 1. The van der Waals surface area contributed by atoms with Gasteiger partial charge in [-0.3, -0.25) is 4.79 Å². The molecule has 0 aliphatic rings. The Morgan fingerprint density at radius 2 is 1.85 bits per heavy atom. The van der Waals surface area contributed by atoms with Crippen LogP contribution in [-0.2, 0) is 6.61 Å². The van der Waals surface area contributed by atoms with Crippen molar-refractivity contribution in [1.29, 1.82) is 0 Å². The van der Waals surface area contributed by atoms with Crippen LogP contribution >= 0.6 is 11.6 Å². The number of ether oxygens (including phenoxy) is 1. The van der Waals surface area contributed by atoms with Crippen molar-refractivity contribution in [3.05, 3.63) is 63.7 Å². The van der Waals surface area contributed by atoms with E-state index in [2.05, 4.69) is 26.0 Å². The second kappa shape index (κ2) is 6.10. The van der Waals surface area contributed by atoms with Gasteiger partial charge in [0, 0.05) is 5.56 Å². The Balaban J connectivity index is 2.10. The lowest BCUT2D eigenvalue weighted by atomic mass is 10.1. The van der Waals surface area contributed by atoms with Crippen LogP contribution < -0.4 is 4.74 Å². The SMILES string of the molecule is CC(=O)c1ccc(OCc2ccc(C)c(C)c2)c(Cl)c1. The first kappa shape index (κ1) is 14.6. The molecule has 104 valence electrons. The van der Waals surface area contributed by atoms with Gasteiger partial charge in [-0.05, 0) is 55.7 Å². The van der Waals surface area contributed by atoms with E-state index in [1.807, 2.05) is 6.07 Å². The molecule has 0 saturated heterocycles. The van der Waals surface area contributed by atoms with E-state index >= 15 is 0 Å². The van der Waals surface area contributed by atoms with Gasteiger partial charge in [0.15, 0.2) is 5.78 Å². The van der Waals surface area contributed by atoms with Gasteiger partial charge in [0.05, 0.1) is 5.02 Å². The molecule has 2 aromatic rings. The molecule has 3 heteroatoms. The zero-order valence-electron chi connectivity index (χ0n) is 11.9. The number of hydrogen-bond acceptors (Lipinski definition) is 2. The molecule has 2 aromatic carbocycles. The lowest BCUT2D eigenvalue weighted by Crippen LogP contribution is -1.98. The number of Topliss-reactive ketones (excluding diaryl/α,β-unsaturated/α-hetero) is 1. The molecule has 0 aliphatic heterocycles. The summed E-state index contributed by atoms with van der Waals surface area (Å²) < 4.78 is 5.71. The molecule has 0 unspecified atom stereocenters. The fourth-order valence-electron chi connectivity index (χ4n) is 1.89. The average Bonchev–Trinajstić information content (AvgIpc) is 2.41. The van der Waals surface area contributed by atoms with E-state index in [-0.39, 0.29) is 5.78 Å². The van der Waals surface area contributed by atoms with Crippen molar-refractivity contribution in [2.45, 2.75) is 27.4 Å². The van der Waals surface area contributed by atoms with Crippen LogP contribution in [0.15, 0.2) is 36.4 Å². The van der Waals surface area contributed by atoms with Crippen molar-refractivity contribution >= 4 is 17.4 Å². The van der Waals surface area contributed by atoms with Crippen molar-refractivity contribution < 1.29 is 9.53 Å². The van der Waals surface area contributed by atoms with E-state index in [9.17, 15) is 4.79 Å². The molecule has 2 nitrogen and oxygen atoms in total. The van der Waals surface area contributed by atoms with Crippen LogP contribution in [0.2, 0.25) is 5.02 Å². The lowest BCUT2D eigenvalue weighted by Gasteiger charge is -2.10. The Labute approximate surface area is 124 Å². The zero-order chi connectivity index (χ0) is 14.7. The van der Waals surface area contributed by atoms with Gasteiger partial charge in [-0.1, -0.05) is 29.8 Å². The Hall–Kier alpha value is -1.80. The van der Waals surface area contributed by atoms with E-state index in [1.165, 1.54) is 18.1 Å². The molecular formula is C17H17ClO2. The molecule has 0 amide bonds. The highest BCUT2D eigenvalue weighted by Gasteiger charge is 2.06. The van der Waals surface area contributed by atoms with Crippen LogP contribution in [0.25, 0.3) is 0 Å². The van der Waals surface area contributed by atoms with Gasteiger partial charge >= 0.3 is 0 Å². The molecule has 0 radical (unpaired) electrons. The predicted molar refractivity (Wildman–Crippen MR) is 81.7 cm³/mol. The first-order valence-electron chi connectivity index (χ1n) is 6.47. The number of hydrogen-bond donors (Lipinski definition) is 0. The number of aryl methyl sites for hydroxylation is 2. The summed E-state index contributed by atoms with van der Waals surface area (Å²) in [5, 5.41) is 0.460. The van der Waals surface area contributed by atoms with Gasteiger partial charge in [0.1, 0.15) is 12.4 Å². The van der Waals surface area contributed by atoms with E-state index in [1.54, 1.807) is 18.2 Å². The number of carbonyl (C=O) groups is 1. The predicted octanol–water partition coefficient (Wildman–Crippen LogP) is 4.74. The fourth-order valence-corrected chi connectivity index (χ4v) is 2.13. The minimum atomic E-state index is -0.00684. The Kier molecular flexibility index (Phi) is 4.46.